The Balaban J connectivity index is 3.52. The lowest BCUT2D eigenvalue weighted by Gasteiger charge is -2.07. The molecule has 0 saturated heterocycles. The monoisotopic (exact) mass is 222 g/mol. The van der Waals surface area contributed by atoms with Gasteiger partial charge in [-0.3, -0.25) is 20.2 Å². The fourth-order valence-corrected chi connectivity index (χ4v) is 1.12. The maximum atomic E-state index is 9.96. The van der Waals surface area contributed by atoms with E-state index in [2.05, 4.69) is 0 Å². The first kappa shape index (κ1) is 13.7. The van der Waals surface area contributed by atoms with Crippen molar-refractivity contribution in [2.24, 2.45) is 0 Å². The summed E-state index contributed by atoms with van der Waals surface area (Å²) in [5.41, 5.74) is 0. The molecule has 8 nitrogen and oxygen atoms in total. The SMILES string of the molecule is O=[N+]([O-])CC(O)CCCC(O)C[N+](=O)[O-]. The summed E-state index contributed by atoms with van der Waals surface area (Å²) in [6.07, 6.45) is -1.46. The summed E-state index contributed by atoms with van der Waals surface area (Å²) in [6, 6.07) is 0. The maximum absolute atomic E-state index is 9.96. The zero-order valence-electron chi connectivity index (χ0n) is 8.11. The number of hydrogen-bond donors (Lipinski definition) is 2. The highest BCUT2D eigenvalue weighted by Crippen LogP contribution is 2.04. The number of aliphatic hydroxyl groups excluding tert-OH is 2. The highest BCUT2D eigenvalue weighted by atomic mass is 16.6. The van der Waals surface area contributed by atoms with Gasteiger partial charge >= 0.3 is 0 Å². The maximum Gasteiger partial charge on any atom is 0.229 e. The van der Waals surface area contributed by atoms with Crippen LogP contribution >= 0.6 is 0 Å². The molecule has 0 aromatic heterocycles. The second kappa shape index (κ2) is 7.07. The molecule has 0 saturated carbocycles. The molecule has 8 heteroatoms. The van der Waals surface area contributed by atoms with Crippen LogP contribution in [0.2, 0.25) is 0 Å². The molecule has 0 spiro atoms. The molecule has 0 aliphatic carbocycles. The largest absolute Gasteiger partial charge is 0.386 e. The van der Waals surface area contributed by atoms with Crippen LogP contribution in [0.3, 0.4) is 0 Å². The van der Waals surface area contributed by atoms with E-state index in [1.165, 1.54) is 0 Å². The summed E-state index contributed by atoms with van der Waals surface area (Å²) >= 11 is 0. The van der Waals surface area contributed by atoms with Crippen LogP contribution < -0.4 is 0 Å². The first-order valence-electron chi connectivity index (χ1n) is 4.51. The summed E-state index contributed by atoms with van der Waals surface area (Å²) in [5, 5.41) is 38.0. The first-order valence-corrected chi connectivity index (χ1v) is 4.51. The topological polar surface area (TPSA) is 127 Å². The van der Waals surface area contributed by atoms with E-state index in [1.54, 1.807) is 0 Å². The predicted molar refractivity (Wildman–Crippen MR) is 49.6 cm³/mol. The first-order chi connectivity index (χ1) is 6.91. The van der Waals surface area contributed by atoms with E-state index < -0.39 is 35.1 Å². The number of nitrogens with zero attached hydrogens (tertiary/aromatic N) is 2. The molecule has 0 aliphatic heterocycles. The van der Waals surface area contributed by atoms with E-state index in [1.807, 2.05) is 0 Å². The Morgan fingerprint density at radius 3 is 1.53 bits per heavy atom. The van der Waals surface area contributed by atoms with Crippen molar-refractivity contribution < 1.29 is 20.1 Å². The van der Waals surface area contributed by atoms with E-state index in [4.69, 9.17) is 10.2 Å². The van der Waals surface area contributed by atoms with Crippen molar-refractivity contribution in [3.05, 3.63) is 20.2 Å². The zero-order chi connectivity index (χ0) is 11.8. The molecule has 0 aromatic carbocycles. The molecule has 0 heterocycles. The van der Waals surface area contributed by atoms with Crippen molar-refractivity contribution in [1.29, 1.82) is 0 Å². The van der Waals surface area contributed by atoms with Crippen LogP contribution in [0.1, 0.15) is 19.3 Å². The molecular formula is C7H14N2O6. The van der Waals surface area contributed by atoms with Crippen LogP contribution in [-0.2, 0) is 0 Å². The minimum absolute atomic E-state index is 0.162. The van der Waals surface area contributed by atoms with E-state index in [9.17, 15) is 20.2 Å². The third-order valence-electron chi connectivity index (χ3n) is 1.79. The fraction of sp³-hybridized carbons (Fsp3) is 1.00. The summed E-state index contributed by atoms with van der Waals surface area (Å²) in [7, 11) is 0. The van der Waals surface area contributed by atoms with Crippen LogP contribution in [0, 0.1) is 20.2 Å². The Bertz CT molecular complexity index is 200. The Labute approximate surface area is 85.8 Å². The lowest BCUT2D eigenvalue weighted by Crippen LogP contribution is -2.22. The number of rotatable bonds is 8. The van der Waals surface area contributed by atoms with Gasteiger partial charge in [0.2, 0.25) is 13.1 Å². The highest BCUT2D eigenvalue weighted by molar-refractivity contribution is 4.58. The second-order valence-corrected chi connectivity index (χ2v) is 3.27. The minimum atomic E-state index is -1.05. The van der Waals surface area contributed by atoms with E-state index in [0.717, 1.165) is 0 Å². The molecule has 2 unspecified atom stereocenters. The van der Waals surface area contributed by atoms with Gasteiger partial charge in [0.05, 0.1) is 0 Å². The molecule has 0 aliphatic rings. The van der Waals surface area contributed by atoms with Gasteiger partial charge in [0, 0.05) is 9.85 Å². The third-order valence-corrected chi connectivity index (χ3v) is 1.79. The molecule has 0 bridgehead atoms. The van der Waals surface area contributed by atoms with Crippen molar-refractivity contribution >= 4 is 0 Å². The van der Waals surface area contributed by atoms with Gasteiger partial charge in [0.15, 0.2) is 0 Å². The Morgan fingerprint density at radius 2 is 1.27 bits per heavy atom. The summed E-state index contributed by atoms with van der Waals surface area (Å²) in [5.74, 6) is 0. The van der Waals surface area contributed by atoms with E-state index in [0.29, 0.717) is 6.42 Å². The molecule has 15 heavy (non-hydrogen) atoms. The van der Waals surface area contributed by atoms with Gasteiger partial charge in [-0.05, 0) is 19.3 Å². The molecule has 2 atom stereocenters. The van der Waals surface area contributed by atoms with Gasteiger partial charge in [-0.2, -0.15) is 0 Å². The molecule has 0 rings (SSSR count). The van der Waals surface area contributed by atoms with Gasteiger partial charge in [-0.15, -0.1) is 0 Å². The van der Waals surface area contributed by atoms with Crippen molar-refractivity contribution in [1.82, 2.24) is 0 Å². The van der Waals surface area contributed by atoms with Gasteiger partial charge < -0.3 is 10.2 Å². The molecule has 0 radical (unpaired) electrons. The molecule has 88 valence electrons. The average molecular weight is 222 g/mol. The van der Waals surface area contributed by atoms with Crippen molar-refractivity contribution in [2.45, 2.75) is 31.5 Å². The molecule has 0 aromatic rings. The standard InChI is InChI=1S/C7H14N2O6/c10-6(4-8(12)13)2-1-3-7(11)5-9(14)15/h6-7,10-11H,1-5H2. The smallest absolute Gasteiger partial charge is 0.229 e. The van der Waals surface area contributed by atoms with Crippen LogP contribution in [0.5, 0.6) is 0 Å². The lowest BCUT2D eigenvalue weighted by molar-refractivity contribution is -0.491. The quantitative estimate of drug-likeness (QED) is 0.418. The second-order valence-electron chi connectivity index (χ2n) is 3.27. The highest BCUT2D eigenvalue weighted by Gasteiger charge is 2.14. The van der Waals surface area contributed by atoms with Gasteiger partial charge in [0.1, 0.15) is 12.2 Å². The predicted octanol–water partition coefficient (Wildman–Crippen LogP) is -0.568. The molecular weight excluding hydrogens is 208 g/mol. The van der Waals surface area contributed by atoms with Crippen LogP contribution in [-0.4, -0.2) is 45.4 Å². The Kier molecular flexibility index (Phi) is 6.47. The Morgan fingerprint density at radius 1 is 0.933 bits per heavy atom. The van der Waals surface area contributed by atoms with Gasteiger partial charge in [0.25, 0.3) is 0 Å². The van der Waals surface area contributed by atoms with Crippen LogP contribution in [0.4, 0.5) is 0 Å². The molecule has 0 amide bonds. The number of aliphatic hydroxyl groups is 2. The van der Waals surface area contributed by atoms with Crippen molar-refractivity contribution in [3.63, 3.8) is 0 Å². The van der Waals surface area contributed by atoms with E-state index >= 15 is 0 Å². The summed E-state index contributed by atoms with van der Waals surface area (Å²) < 4.78 is 0. The third kappa shape index (κ3) is 9.03. The fourth-order valence-electron chi connectivity index (χ4n) is 1.12. The summed E-state index contributed by atoms with van der Waals surface area (Å²) in [6.45, 7) is -1.07. The van der Waals surface area contributed by atoms with Gasteiger partial charge in [-0.1, -0.05) is 0 Å². The number of nitro groups is 2. The van der Waals surface area contributed by atoms with Gasteiger partial charge in [-0.25, -0.2) is 0 Å². The Hall–Kier alpha value is -1.28. The minimum Gasteiger partial charge on any atom is -0.386 e. The van der Waals surface area contributed by atoms with Crippen molar-refractivity contribution in [2.75, 3.05) is 13.1 Å². The average Bonchev–Trinajstić information content (AvgIpc) is 2.00. The summed E-state index contributed by atoms with van der Waals surface area (Å²) in [4.78, 5) is 18.7. The normalized spacial score (nSPS) is 14.5. The molecule has 2 N–H and O–H groups in total. The number of hydrogen-bond acceptors (Lipinski definition) is 6. The molecule has 0 fully saturated rings. The van der Waals surface area contributed by atoms with Crippen LogP contribution in [0.15, 0.2) is 0 Å². The lowest BCUT2D eigenvalue weighted by atomic mass is 10.1. The van der Waals surface area contributed by atoms with E-state index in [-0.39, 0.29) is 12.8 Å². The van der Waals surface area contributed by atoms with Crippen LogP contribution in [0.25, 0.3) is 0 Å². The zero-order valence-corrected chi connectivity index (χ0v) is 8.11. The van der Waals surface area contributed by atoms with Crippen molar-refractivity contribution in [3.8, 4) is 0 Å².